The number of rotatable bonds is 9. The van der Waals surface area contributed by atoms with Gasteiger partial charge in [-0.15, -0.1) is 12.4 Å². The third kappa shape index (κ3) is 5.36. The molecule has 1 heterocycles. The number of methoxy groups -OCH3 is 3. The van der Waals surface area contributed by atoms with Crippen molar-refractivity contribution in [3.63, 3.8) is 0 Å². The maximum absolute atomic E-state index is 12.9. The number of aromatic hydroxyl groups is 1. The average molecular weight is 491 g/mol. The molecule has 4 rings (SSSR count). The molecule has 0 radical (unpaired) electrons. The van der Waals surface area contributed by atoms with Crippen LogP contribution in [-0.4, -0.2) is 75.4 Å². The van der Waals surface area contributed by atoms with E-state index >= 15 is 0 Å². The number of phenolic OH excluding ortho intramolecular Hbond substituents is 1. The topological polar surface area (TPSA) is 71.5 Å². The minimum Gasteiger partial charge on any atom is -0.504 e. The number of nitrogens with zero attached hydrogens (tertiary/aromatic N) is 2. The van der Waals surface area contributed by atoms with Gasteiger partial charge in [-0.1, -0.05) is 0 Å². The van der Waals surface area contributed by atoms with Crippen LogP contribution in [0.3, 0.4) is 0 Å². The van der Waals surface area contributed by atoms with Crippen LogP contribution in [0.5, 0.6) is 23.0 Å². The number of benzene rings is 2. The number of hydrogen-bond donors (Lipinski definition) is 1. The van der Waals surface area contributed by atoms with Crippen molar-refractivity contribution >= 4 is 18.3 Å². The van der Waals surface area contributed by atoms with Gasteiger partial charge in [-0.3, -0.25) is 4.79 Å². The third-order valence-electron chi connectivity index (χ3n) is 6.90. The van der Waals surface area contributed by atoms with Crippen LogP contribution < -0.4 is 14.2 Å². The number of amides is 1. The van der Waals surface area contributed by atoms with Crippen LogP contribution in [-0.2, 0) is 24.1 Å². The lowest BCUT2D eigenvalue weighted by molar-refractivity contribution is -0.130. The summed E-state index contributed by atoms with van der Waals surface area (Å²) < 4.78 is 16.0. The fourth-order valence-electron chi connectivity index (χ4n) is 5.00. The molecule has 1 aliphatic carbocycles. The highest BCUT2D eigenvalue weighted by atomic mass is 35.5. The molecule has 1 atom stereocenters. The van der Waals surface area contributed by atoms with Gasteiger partial charge in [-0.2, -0.15) is 0 Å². The molecule has 8 heteroatoms. The Kier molecular flexibility index (Phi) is 8.55. The summed E-state index contributed by atoms with van der Waals surface area (Å²) in [6.45, 7) is 3.34. The summed E-state index contributed by atoms with van der Waals surface area (Å²) in [5, 5.41) is 10.1. The van der Waals surface area contributed by atoms with E-state index in [-0.39, 0.29) is 24.1 Å². The van der Waals surface area contributed by atoms with E-state index in [2.05, 4.69) is 11.9 Å². The zero-order valence-electron chi connectivity index (χ0n) is 20.4. The predicted octanol–water partition coefficient (Wildman–Crippen LogP) is 3.43. The lowest BCUT2D eigenvalue weighted by atomic mass is 9.77. The highest BCUT2D eigenvalue weighted by Crippen LogP contribution is 2.42. The van der Waals surface area contributed by atoms with Gasteiger partial charge in [0.1, 0.15) is 0 Å². The summed E-state index contributed by atoms with van der Waals surface area (Å²) >= 11 is 0. The molecule has 1 amide bonds. The van der Waals surface area contributed by atoms with E-state index in [1.54, 1.807) is 21.3 Å². The van der Waals surface area contributed by atoms with Crippen molar-refractivity contribution in [3.05, 3.63) is 46.5 Å². The molecule has 0 bridgehead atoms. The molecule has 0 aromatic heterocycles. The van der Waals surface area contributed by atoms with Crippen molar-refractivity contribution in [1.82, 2.24) is 9.80 Å². The van der Waals surface area contributed by atoms with Crippen LogP contribution in [0.25, 0.3) is 0 Å². The summed E-state index contributed by atoms with van der Waals surface area (Å²) in [5.41, 5.74) is 4.66. The molecule has 0 spiro atoms. The minimum absolute atomic E-state index is 0. The molecule has 1 N–H and O–H groups in total. The molecular weight excluding hydrogens is 456 g/mol. The highest BCUT2D eigenvalue weighted by molar-refractivity contribution is 5.85. The predicted molar refractivity (Wildman–Crippen MR) is 134 cm³/mol. The van der Waals surface area contributed by atoms with Gasteiger partial charge >= 0.3 is 0 Å². The zero-order valence-corrected chi connectivity index (χ0v) is 21.2. The van der Waals surface area contributed by atoms with Gasteiger partial charge in [-0.25, -0.2) is 0 Å². The van der Waals surface area contributed by atoms with E-state index in [0.717, 1.165) is 56.6 Å². The molecule has 34 heavy (non-hydrogen) atoms. The maximum atomic E-state index is 12.9. The van der Waals surface area contributed by atoms with Crippen molar-refractivity contribution in [1.29, 1.82) is 0 Å². The number of ether oxygens (including phenoxy) is 3. The largest absolute Gasteiger partial charge is 0.504 e. The van der Waals surface area contributed by atoms with Gasteiger partial charge in [-0.05, 0) is 79.4 Å². The standard InChI is InChI=1S/C26H34N2O5.ClH/c1-27(16-20-10-19-13-23(31-2)22(29)15-21(19)20)7-5-8-28-9-6-17-11-24(32-3)25(33-4)12-18(17)14-26(28)30;/h11-13,15,20,29H,5-10,14,16H2,1-4H3;1H/t20-;/m1./s1. The molecule has 2 aromatic rings. The molecule has 0 fully saturated rings. The van der Waals surface area contributed by atoms with Crippen LogP contribution in [0, 0.1) is 0 Å². The average Bonchev–Trinajstić information content (AvgIpc) is 2.95. The Morgan fingerprint density at radius 2 is 1.65 bits per heavy atom. The van der Waals surface area contributed by atoms with Crippen molar-refractivity contribution in [2.24, 2.45) is 0 Å². The van der Waals surface area contributed by atoms with Crippen LogP contribution >= 0.6 is 12.4 Å². The second-order valence-electron chi connectivity index (χ2n) is 9.02. The van der Waals surface area contributed by atoms with E-state index in [1.807, 2.05) is 29.2 Å². The molecule has 0 saturated carbocycles. The molecule has 0 unspecified atom stereocenters. The fourth-order valence-corrected chi connectivity index (χ4v) is 5.00. The minimum atomic E-state index is 0. The molecule has 7 nitrogen and oxygen atoms in total. The van der Waals surface area contributed by atoms with E-state index in [0.29, 0.717) is 29.6 Å². The van der Waals surface area contributed by atoms with E-state index in [4.69, 9.17) is 14.2 Å². The lowest BCUT2D eigenvalue weighted by Crippen LogP contribution is -2.36. The second-order valence-corrected chi connectivity index (χ2v) is 9.02. The van der Waals surface area contributed by atoms with Crippen molar-refractivity contribution in [2.45, 2.75) is 31.6 Å². The Bertz CT molecular complexity index is 1030. The zero-order chi connectivity index (χ0) is 23.5. The first-order valence-corrected chi connectivity index (χ1v) is 11.5. The SMILES string of the molecule is COc1cc2c(cc1O)[C@@H](CN(C)CCCN1CCc3cc(OC)c(OC)cc3CC1=O)C2.Cl. The Hall–Kier alpha value is -2.64. The summed E-state index contributed by atoms with van der Waals surface area (Å²) in [4.78, 5) is 17.2. The first kappa shape index (κ1) is 26.0. The highest BCUT2D eigenvalue weighted by Gasteiger charge is 2.29. The van der Waals surface area contributed by atoms with E-state index in [9.17, 15) is 9.90 Å². The summed E-state index contributed by atoms with van der Waals surface area (Å²) in [6.07, 6.45) is 3.16. The number of likely N-dealkylation sites (N-methyl/N-ethyl adjacent to an activating group) is 1. The van der Waals surface area contributed by atoms with Gasteiger partial charge < -0.3 is 29.1 Å². The number of fused-ring (bicyclic) bond motifs is 2. The van der Waals surface area contributed by atoms with Crippen LogP contribution in [0.15, 0.2) is 24.3 Å². The number of phenols is 1. The molecule has 2 aromatic carbocycles. The fraction of sp³-hybridized carbons (Fsp3) is 0.500. The molecule has 2 aliphatic rings. The van der Waals surface area contributed by atoms with Crippen LogP contribution in [0.4, 0.5) is 0 Å². The third-order valence-corrected chi connectivity index (χ3v) is 6.90. The van der Waals surface area contributed by atoms with Gasteiger partial charge in [0, 0.05) is 25.6 Å². The number of carbonyl (C=O) groups excluding carboxylic acids is 1. The molecule has 1 aliphatic heterocycles. The van der Waals surface area contributed by atoms with E-state index in [1.165, 1.54) is 11.1 Å². The van der Waals surface area contributed by atoms with E-state index < -0.39 is 0 Å². The molecule has 186 valence electrons. The number of carbonyl (C=O) groups is 1. The smallest absolute Gasteiger partial charge is 0.227 e. The van der Waals surface area contributed by atoms with Gasteiger partial charge in [0.15, 0.2) is 23.0 Å². The Labute approximate surface area is 208 Å². The summed E-state index contributed by atoms with van der Waals surface area (Å²) in [7, 11) is 6.96. The Morgan fingerprint density at radius 1 is 1.00 bits per heavy atom. The van der Waals surface area contributed by atoms with Gasteiger partial charge in [0.25, 0.3) is 0 Å². The number of halogens is 1. The quantitative estimate of drug-likeness (QED) is 0.580. The van der Waals surface area contributed by atoms with Crippen LogP contribution in [0.2, 0.25) is 0 Å². The van der Waals surface area contributed by atoms with Crippen molar-refractivity contribution in [3.8, 4) is 23.0 Å². The van der Waals surface area contributed by atoms with Gasteiger partial charge in [0.05, 0.1) is 27.8 Å². The first-order valence-electron chi connectivity index (χ1n) is 11.5. The van der Waals surface area contributed by atoms with Crippen LogP contribution in [0.1, 0.15) is 34.6 Å². The molecular formula is C26H35ClN2O5. The second kappa shape index (κ2) is 11.2. The Balaban J connectivity index is 0.00000324. The monoisotopic (exact) mass is 490 g/mol. The normalized spacial score (nSPS) is 16.7. The summed E-state index contributed by atoms with van der Waals surface area (Å²) in [5.74, 6) is 2.73. The number of hydrogen-bond acceptors (Lipinski definition) is 6. The Morgan fingerprint density at radius 3 is 2.32 bits per heavy atom. The first-order chi connectivity index (χ1) is 15.9. The maximum Gasteiger partial charge on any atom is 0.227 e. The van der Waals surface area contributed by atoms with Gasteiger partial charge in [0.2, 0.25) is 5.91 Å². The van der Waals surface area contributed by atoms with Crippen molar-refractivity contribution in [2.75, 3.05) is 54.6 Å². The molecule has 0 saturated heterocycles. The summed E-state index contributed by atoms with van der Waals surface area (Å²) in [6, 6.07) is 7.72. The lowest BCUT2D eigenvalue weighted by Gasteiger charge is -2.34. The van der Waals surface area contributed by atoms with Crippen molar-refractivity contribution < 1.29 is 24.1 Å².